The van der Waals surface area contributed by atoms with Crippen LogP contribution in [0.15, 0.2) is 12.1 Å². The second kappa shape index (κ2) is 7.63. The topological polar surface area (TPSA) is 46.3 Å². The van der Waals surface area contributed by atoms with Gasteiger partial charge in [-0.05, 0) is 43.7 Å². The lowest BCUT2D eigenvalue weighted by atomic mass is 9.84. The second-order valence-electron chi connectivity index (χ2n) is 5.67. The first-order chi connectivity index (χ1) is 10.2. The molecule has 2 N–H and O–H groups in total. The number of rotatable bonds is 3. The van der Waals surface area contributed by atoms with Crippen molar-refractivity contribution in [2.45, 2.75) is 45.1 Å². The number of carbonyl (C=O) groups excluding carboxylic acids is 1. The fourth-order valence-electron chi connectivity index (χ4n) is 2.94. The number of hydrogen-bond acceptors (Lipinski definition) is 3. The first kappa shape index (κ1) is 16.1. The van der Waals surface area contributed by atoms with Crippen molar-refractivity contribution in [3.05, 3.63) is 21.9 Å². The normalized spacial score (nSPS) is 21.5. The summed E-state index contributed by atoms with van der Waals surface area (Å²) < 4.78 is 0. The van der Waals surface area contributed by atoms with Crippen LogP contribution in [0.3, 0.4) is 0 Å². The van der Waals surface area contributed by atoms with Crippen molar-refractivity contribution in [1.82, 2.24) is 4.90 Å². The highest BCUT2D eigenvalue weighted by molar-refractivity contribution is 7.14. The van der Waals surface area contributed by atoms with Crippen LogP contribution in [0.5, 0.6) is 0 Å². The first-order valence-corrected chi connectivity index (χ1v) is 8.53. The van der Waals surface area contributed by atoms with Gasteiger partial charge in [-0.25, -0.2) is 0 Å². The molecule has 0 saturated heterocycles. The summed E-state index contributed by atoms with van der Waals surface area (Å²) in [6.07, 6.45) is 6.02. The molecule has 21 heavy (non-hydrogen) atoms. The average molecular weight is 304 g/mol. The predicted molar refractivity (Wildman–Crippen MR) is 88.4 cm³/mol. The number of amides is 1. The molecule has 0 unspecified atom stereocenters. The number of thiophene rings is 1. The molecule has 0 spiro atoms. The Balaban J connectivity index is 1.97. The van der Waals surface area contributed by atoms with Gasteiger partial charge in [0.2, 0.25) is 0 Å². The molecule has 0 atom stereocenters. The van der Waals surface area contributed by atoms with Crippen molar-refractivity contribution in [1.29, 1.82) is 0 Å². The Morgan fingerprint density at radius 1 is 1.38 bits per heavy atom. The van der Waals surface area contributed by atoms with E-state index < -0.39 is 0 Å². The maximum atomic E-state index is 12.5. The van der Waals surface area contributed by atoms with Crippen molar-refractivity contribution < 1.29 is 4.79 Å². The third-order valence-electron chi connectivity index (χ3n) is 4.39. The Labute approximate surface area is 131 Å². The summed E-state index contributed by atoms with van der Waals surface area (Å²) >= 11 is 1.46. The number of hydrogen-bond donors (Lipinski definition) is 1. The lowest BCUT2D eigenvalue weighted by molar-refractivity contribution is 0.0679. The van der Waals surface area contributed by atoms with Crippen LogP contribution in [-0.4, -0.2) is 30.4 Å². The average Bonchev–Trinajstić information content (AvgIpc) is 3.00. The van der Waals surface area contributed by atoms with Gasteiger partial charge in [-0.2, -0.15) is 0 Å². The van der Waals surface area contributed by atoms with Gasteiger partial charge < -0.3 is 10.6 Å². The van der Waals surface area contributed by atoms with E-state index >= 15 is 0 Å². The molecule has 1 aromatic rings. The molecule has 4 heteroatoms. The van der Waals surface area contributed by atoms with Gasteiger partial charge in [-0.3, -0.25) is 4.79 Å². The summed E-state index contributed by atoms with van der Waals surface area (Å²) in [7, 11) is 1.93. The first-order valence-electron chi connectivity index (χ1n) is 7.71. The van der Waals surface area contributed by atoms with Crippen molar-refractivity contribution in [2.75, 3.05) is 13.6 Å². The largest absolute Gasteiger partial charge is 0.338 e. The van der Waals surface area contributed by atoms with Crippen molar-refractivity contribution >= 4 is 17.2 Å². The maximum Gasteiger partial charge on any atom is 0.263 e. The fourth-order valence-corrected chi connectivity index (χ4v) is 3.80. The molecule has 0 radical (unpaired) electrons. The summed E-state index contributed by atoms with van der Waals surface area (Å²) in [6, 6.07) is 4.17. The van der Waals surface area contributed by atoms with Crippen molar-refractivity contribution in [2.24, 2.45) is 11.7 Å². The Kier molecular flexibility index (Phi) is 5.84. The number of nitrogens with two attached hydrogens (primary N) is 1. The zero-order valence-corrected chi connectivity index (χ0v) is 13.7. The van der Waals surface area contributed by atoms with E-state index in [0.717, 1.165) is 28.5 Å². The van der Waals surface area contributed by atoms with Crippen LogP contribution < -0.4 is 5.73 Å². The van der Waals surface area contributed by atoms with Gasteiger partial charge in [0.15, 0.2) is 0 Å². The minimum atomic E-state index is 0.126. The van der Waals surface area contributed by atoms with Gasteiger partial charge in [-0.15, -0.1) is 11.3 Å². The highest BCUT2D eigenvalue weighted by atomic mass is 32.1. The maximum absolute atomic E-state index is 12.5. The molecule has 0 bridgehead atoms. The Bertz CT molecular complexity index is 532. The molecule has 0 aromatic carbocycles. The fraction of sp³-hybridized carbons (Fsp3) is 0.588. The summed E-state index contributed by atoms with van der Waals surface area (Å²) in [5, 5.41) is 0. The molecule has 0 aliphatic heterocycles. The number of nitrogens with zero attached hydrogens (tertiary/aromatic N) is 1. The lowest BCUT2D eigenvalue weighted by Gasteiger charge is -2.34. The van der Waals surface area contributed by atoms with Crippen LogP contribution >= 0.6 is 11.3 Å². The van der Waals surface area contributed by atoms with Gasteiger partial charge >= 0.3 is 0 Å². The SMILES string of the molecule is CCC1CCC(N(C)C(=O)c2ccc(C#CCN)s2)CC1. The lowest BCUT2D eigenvalue weighted by Crippen LogP contribution is -2.39. The van der Waals surface area contributed by atoms with E-state index in [1.807, 2.05) is 24.1 Å². The monoisotopic (exact) mass is 304 g/mol. The minimum Gasteiger partial charge on any atom is -0.338 e. The van der Waals surface area contributed by atoms with Crippen LogP contribution in [0.25, 0.3) is 0 Å². The highest BCUT2D eigenvalue weighted by Gasteiger charge is 2.26. The van der Waals surface area contributed by atoms with E-state index in [2.05, 4.69) is 18.8 Å². The summed E-state index contributed by atoms with van der Waals surface area (Å²) in [4.78, 5) is 16.2. The van der Waals surface area contributed by atoms with Crippen LogP contribution in [0.1, 0.15) is 53.6 Å². The van der Waals surface area contributed by atoms with Crippen LogP contribution in [0, 0.1) is 17.8 Å². The minimum absolute atomic E-state index is 0.126. The Hall–Kier alpha value is -1.31. The van der Waals surface area contributed by atoms with E-state index in [-0.39, 0.29) is 5.91 Å². The molecule has 1 fully saturated rings. The van der Waals surface area contributed by atoms with E-state index in [0.29, 0.717) is 12.6 Å². The standard InChI is InChI=1S/C17H24N2OS/c1-3-13-6-8-14(9-7-13)19(2)17(20)16-11-10-15(21-16)5-4-12-18/h10-11,13-14H,3,6-9,12,18H2,1-2H3. The van der Waals surface area contributed by atoms with E-state index in [1.54, 1.807) is 0 Å². The third kappa shape index (κ3) is 4.09. The van der Waals surface area contributed by atoms with Crippen LogP contribution in [0.2, 0.25) is 0 Å². The van der Waals surface area contributed by atoms with E-state index in [1.165, 1.54) is 30.6 Å². The molecule has 1 saturated carbocycles. The zero-order valence-electron chi connectivity index (χ0n) is 12.9. The van der Waals surface area contributed by atoms with Crippen LogP contribution in [0.4, 0.5) is 0 Å². The van der Waals surface area contributed by atoms with Gasteiger partial charge in [0.25, 0.3) is 5.91 Å². The zero-order chi connectivity index (χ0) is 15.2. The van der Waals surface area contributed by atoms with Gasteiger partial charge in [0.05, 0.1) is 16.3 Å². The second-order valence-corrected chi connectivity index (χ2v) is 6.75. The molecule has 1 aliphatic rings. The van der Waals surface area contributed by atoms with Gasteiger partial charge in [0, 0.05) is 13.1 Å². The molecule has 1 aliphatic carbocycles. The molecule has 114 valence electrons. The quantitative estimate of drug-likeness (QED) is 0.872. The smallest absolute Gasteiger partial charge is 0.263 e. The Morgan fingerprint density at radius 2 is 2.10 bits per heavy atom. The summed E-state index contributed by atoms with van der Waals surface area (Å²) in [6.45, 7) is 2.61. The van der Waals surface area contributed by atoms with Crippen molar-refractivity contribution in [3.63, 3.8) is 0 Å². The molecular formula is C17H24N2OS. The van der Waals surface area contributed by atoms with E-state index in [4.69, 9.17) is 5.73 Å². The van der Waals surface area contributed by atoms with Gasteiger partial charge in [0.1, 0.15) is 0 Å². The molecule has 1 heterocycles. The third-order valence-corrected chi connectivity index (χ3v) is 5.38. The molecular weight excluding hydrogens is 280 g/mol. The summed E-state index contributed by atoms with van der Waals surface area (Å²) in [5.74, 6) is 6.79. The highest BCUT2D eigenvalue weighted by Crippen LogP contribution is 2.30. The molecule has 1 amide bonds. The van der Waals surface area contributed by atoms with Crippen LogP contribution in [-0.2, 0) is 0 Å². The van der Waals surface area contributed by atoms with E-state index in [9.17, 15) is 4.79 Å². The summed E-state index contributed by atoms with van der Waals surface area (Å²) in [5.41, 5.74) is 5.37. The molecule has 1 aromatic heterocycles. The van der Waals surface area contributed by atoms with Crippen molar-refractivity contribution in [3.8, 4) is 11.8 Å². The van der Waals surface area contributed by atoms with Gasteiger partial charge in [-0.1, -0.05) is 25.2 Å². The number of carbonyl (C=O) groups is 1. The molecule has 3 nitrogen and oxygen atoms in total. The Morgan fingerprint density at radius 3 is 2.71 bits per heavy atom. The molecule has 2 rings (SSSR count). The predicted octanol–water partition coefficient (Wildman–Crippen LogP) is 3.10.